The zero-order chi connectivity index (χ0) is 18.3. The van der Waals surface area contributed by atoms with E-state index < -0.39 is 0 Å². The summed E-state index contributed by atoms with van der Waals surface area (Å²) < 4.78 is 14.2. The van der Waals surface area contributed by atoms with Gasteiger partial charge in [0.1, 0.15) is 11.3 Å². The van der Waals surface area contributed by atoms with Crippen molar-refractivity contribution in [3.8, 4) is 0 Å². The molecule has 1 saturated carbocycles. The maximum Gasteiger partial charge on any atom is 0.253 e. The second-order valence-corrected chi connectivity index (χ2v) is 7.20. The van der Waals surface area contributed by atoms with Gasteiger partial charge in [0.05, 0.1) is 11.9 Å². The minimum Gasteiger partial charge on any atom is -0.305 e. The molecule has 0 amide bonds. The predicted octanol–water partition coefficient (Wildman–Crippen LogP) is 3.91. The van der Waals surface area contributed by atoms with Crippen LogP contribution in [0.5, 0.6) is 0 Å². The molecule has 5 nitrogen and oxygen atoms in total. The van der Waals surface area contributed by atoms with E-state index in [0.717, 1.165) is 48.1 Å². The number of nitrogens with zero attached hydrogens (tertiary/aromatic N) is 3. The van der Waals surface area contributed by atoms with Gasteiger partial charge in [0.15, 0.2) is 5.65 Å². The van der Waals surface area contributed by atoms with E-state index in [4.69, 9.17) is 0 Å². The largest absolute Gasteiger partial charge is 0.305 e. The van der Waals surface area contributed by atoms with Gasteiger partial charge >= 0.3 is 0 Å². The monoisotopic (exact) mass is 352 g/mol. The molecule has 0 radical (unpaired) electrons. The van der Waals surface area contributed by atoms with Crippen molar-refractivity contribution in [3.05, 3.63) is 63.2 Å². The van der Waals surface area contributed by atoms with Crippen LogP contribution in [0.15, 0.2) is 29.5 Å². The normalized spacial score (nSPS) is 20.4. The third-order valence-corrected chi connectivity index (χ3v) is 5.42. The predicted molar refractivity (Wildman–Crippen MR) is 97.8 cm³/mol. The second kappa shape index (κ2) is 6.59. The van der Waals surface area contributed by atoms with Crippen LogP contribution in [0.2, 0.25) is 0 Å². The molecule has 0 aliphatic heterocycles. The first kappa shape index (κ1) is 16.8. The van der Waals surface area contributed by atoms with Crippen LogP contribution in [0.1, 0.15) is 59.9 Å². The van der Waals surface area contributed by atoms with Crippen molar-refractivity contribution in [2.24, 2.45) is 0 Å². The van der Waals surface area contributed by atoms with Crippen LogP contribution in [0, 0.1) is 19.7 Å². The summed E-state index contributed by atoms with van der Waals surface area (Å²) in [7, 11) is 0. The van der Waals surface area contributed by atoms with E-state index in [-0.39, 0.29) is 23.2 Å². The van der Waals surface area contributed by atoms with Gasteiger partial charge in [0.25, 0.3) is 5.56 Å². The average molecular weight is 352 g/mol. The summed E-state index contributed by atoms with van der Waals surface area (Å²) in [6, 6.07) is 1.86. The Labute approximate surface area is 150 Å². The van der Waals surface area contributed by atoms with Crippen molar-refractivity contribution < 1.29 is 4.39 Å². The van der Waals surface area contributed by atoms with Gasteiger partial charge in [-0.2, -0.15) is 0 Å². The number of rotatable bonds is 2. The van der Waals surface area contributed by atoms with Crippen LogP contribution in [0.25, 0.3) is 11.2 Å². The van der Waals surface area contributed by atoms with E-state index in [0.29, 0.717) is 11.2 Å². The van der Waals surface area contributed by atoms with E-state index in [1.807, 2.05) is 19.9 Å². The summed E-state index contributed by atoms with van der Waals surface area (Å²) in [6.07, 6.45) is 8.17. The van der Waals surface area contributed by atoms with E-state index in [9.17, 15) is 9.18 Å². The Morgan fingerprint density at radius 3 is 2.54 bits per heavy atom. The van der Waals surface area contributed by atoms with Crippen molar-refractivity contribution in [3.63, 3.8) is 0 Å². The molecule has 1 N–H and O–H groups in total. The number of H-pyrrole nitrogens is 1. The highest BCUT2D eigenvalue weighted by atomic mass is 19.1. The minimum atomic E-state index is -0.220. The van der Waals surface area contributed by atoms with Crippen LogP contribution in [-0.4, -0.2) is 19.9 Å². The fourth-order valence-electron chi connectivity index (χ4n) is 4.13. The van der Waals surface area contributed by atoms with Crippen molar-refractivity contribution >= 4 is 11.2 Å². The molecule has 3 aromatic rings. The molecule has 0 spiro atoms. The topological polar surface area (TPSA) is 71.5 Å². The Morgan fingerprint density at radius 1 is 1.08 bits per heavy atom. The summed E-state index contributed by atoms with van der Waals surface area (Å²) in [4.78, 5) is 28.0. The summed E-state index contributed by atoms with van der Waals surface area (Å²) in [5.41, 5.74) is 4.38. The molecule has 0 atom stereocenters. The fourth-order valence-corrected chi connectivity index (χ4v) is 4.13. The molecule has 26 heavy (non-hydrogen) atoms. The van der Waals surface area contributed by atoms with Gasteiger partial charge in [0.2, 0.25) is 0 Å². The smallest absolute Gasteiger partial charge is 0.253 e. The summed E-state index contributed by atoms with van der Waals surface area (Å²) in [5, 5.41) is 0. The molecule has 6 heteroatoms. The highest BCUT2D eigenvalue weighted by Gasteiger charge is 2.28. The summed E-state index contributed by atoms with van der Waals surface area (Å²) in [5.74, 6) is 0.145. The maximum atomic E-state index is 14.2. The first-order chi connectivity index (χ1) is 12.5. The van der Waals surface area contributed by atoms with E-state index >= 15 is 0 Å². The Hall–Kier alpha value is -2.63. The fraction of sp³-hybridized carbons (Fsp3) is 0.400. The molecule has 0 bridgehead atoms. The number of halogens is 1. The summed E-state index contributed by atoms with van der Waals surface area (Å²) >= 11 is 0. The lowest BCUT2D eigenvalue weighted by atomic mass is 9.75. The number of aromatic amines is 1. The van der Waals surface area contributed by atoms with Crippen molar-refractivity contribution in [2.75, 3.05) is 0 Å². The molecule has 0 unspecified atom stereocenters. The Morgan fingerprint density at radius 2 is 1.81 bits per heavy atom. The van der Waals surface area contributed by atoms with E-state index in [1.54, 1.807) is 12.4 Å². The van der Waals surface area contributed by atoms with Crippen LogP contribution in [0.3, 0.4) is 0 Å². The average Bonchev–Trinajstić information content (AvgIpc) is 2.61. The number of pyridine rings is 2. The molecule has 0 saturated heterocycles. The number of aromatic nitrogens is 4. The van der Waals surface area contributed by atoms with Crippen LogP contribution < -0.4 is 5.56 Å². The van der Waals surface area contributed by atoms with Gasteiger partial charge in [-0.25, -0.2) is 9.37 Å². The molecule has 3 aromatic heterocycles. The number of nitrogens with one attached hydrogen (secondary N) is 1. The summed E-state index contributed by atoms with van der Waals surface area (Å²) in [6.45, 7) is 3.76. The molecule has 1 aliphatic rings. The first-order valence-electron chi connectivity index (χ1n) is 8.99. The van der Waals surface area contributed by atoms with Crippen molar-refractivity contribution in [1.82, 2.24) is 19.9 Å². The molecular weight excluding hydrogens is 331 g/mol. The van der Waals surface area contributed by atoms with Crippen LogP contribution in [-0.2, 0) is 0 Å². The van der Waals surface area contributed by atoms with Crippen LogP contribution >= 0.6 is 0 Å². The Bertz CT molecular complexity index is 1000. The minimum absolute atomic E-state index is 0.0906. The highest BCUT2D eigenvalue weighted by molar-refractivity contribution is 5.70. The number of aryl methyl sites for hydroxylation is 2. The molecule has 1 aliphatic carbocycles. The van der Waals surface area contributed by atoms with Gasteiger partial charge in [-0.1, -0.05) is 0 Å². The molecule has 0 aromatic carbocycles. The van der Waals surface area contributed by atoms with E-state index in [1.165, 1.54) is 6.20 Å². The lowest BCUT2D eigenvalue weighted by molar-refractivity contribution is 0.384. The van der Waals surface area contributed by atoms with Gasteiger partial charge in [0, 0.05) is 18.0 Å². The zero-order valence-electron chi connectivity index (χ0n) is 14.9. The Balaban J connectivity index is 1.58. The van der Waals surface area contributed by atoms with Crippen molar-refractivity contribution in [2.45, 2.75) is 51.4 Å². The number of fused-ring (bicyclic) bond motifs is 1. The third-order valence-electron chi connectivity index (χ3n) is 5.42. The van der Waals surface area contributed by atoms with Gasteiger partial charge in [-0.3, -0.25) is 14.8 Å². The molecular formula is C20H21FN4O. The van der Waals surface area contributed by atoms with E-state index in [2.05, 4.69) is 19.9 Å². The lowest BCUT2D eigenvalue weighted by Crippen LogP contribution is -2.21. The zero-order valence-corrected chi connectivity index (χ0v) is 14.9. The van der Waals surface area contributed by atoms with Gasteiger partial charge in [-0.15, -0.1) is 0 Å². The molecule has 4 rings (SSSR count). The molecule has 3 heterocycles. The first-order valence-corrected chi connectivity index (χ1v) is 8.99. The second-order valence-electron chi connectivity index (χ2n) is 7.20. The molecule has 134 valence electrons. The van der Waals surface area contributed by atoms with Crippen LogP contribution in [0.4, 0.5) is 4.39 Å². The highest BCUT2D eigenvalue weighted by Crippen LogP contribution is 2.41. The SMILES string of the molecule is Cc1cnc2cc(C3CCC(c4c(C)cncc4F)CC3)c(=O)[nH]c2n1. The lowest BCUT2D eigenvalue weighted by Gasteiger charge is -2.29. The standard InChI is InChI=1S/C20H21FN4O/c1-11-8-22-10-16(21)18(11)14-5-3-13(4-6-14)15-7-17-19(25-20(15)26)24-12(2)9-23-17/h7-10,13-14H,3-6H2,1-2H3,(H,24,25,26). The number of hydrogen-bond acceptors (Lipinski definition) is 4. The maximum absolute atomic E-state index is 14.2. The van der Waals surface area contributed by atoms with Crippen molar-refractivity contribution in [1.29, 1.82) is 0 Å². The van der Waals surface area contributed by atoms with Gasteiger partial charge in [-0.05, 0) is 68.6 Å². The Kier molecular flexibility index (Phi) is 4.26. The molecule has 1 fully saturated rings. The quantitative estimate of drug-likeness (QED) is 0.759. The third kappa shape index (κ3) is 3.00. The van der Waals surface area contributed by atoms with Gasteiger partial charge < -0.3 is 4.98 Å². The number of hydrogen-bond donors (Lipinski definition) is 1.